The van der Waals surface area contributed by atoms with E-state index in [2.05, 4.69) is 65.0 Å². The Bertz CT molecular complexity index is 955. The van der Waals surface area contributed by atoms with Crippen molar-refractivity contribution in [3.63, 3.8) is 0 Å². The standard InChI is InChI=1S/C24H31N3O4.2ClH/c1-17(26-7-11-28-12-8-26)30-19-3-5-21-22-6-4-20(16-24(22)25-23(21)15-19)31-18(2)27-9-13-29-14-10-27;;/h3-6,15-18,25H,7-14H2,1-2H3;2*1H. The minimum Gasteiger partial charge on any atom is -0.475 e. The molecule has 2 unspecified atom stereocenters. The Morgan fingerprint density at radius 3 is 1.48 bits per heavy atom. The van der Waals surface area contributed by atoms with Crippen LogP contribution in [-0.4, -0.2) is 79.8 Å². The summed E-state index contributed by atoms with van der Waals surface area (Å²) in [6, 6.07) is 12.5. The predicted octanol–water partition coefficient (Wildman–Crippen LogP) is 4.28. The molecule has 3 heterocycles. The summed E-state index contributed by atoms with van der Waals surface area (Å²) in [6.07, 6.45) is 0.0415. The minimum absolute atomic E-state index is 0. The molecule has 2 atom stereocenters. The van der Waals surface area contributed by atoms with Gasteiger partial charge in [0.2, 0.25) is 0 Å². The molecule has 0 spiro atoms. The maximum Gasteiger partial charge on any atom is 0.149 e. The molecule has 0 aliphatic carbocycles. The van der Waals surface area contributed by atoms with Gasteiger partial charge in [0.15, 0.2) is 0 Å². The smallest absolute Gasteiger partial charge is 0.149 e. The van der Waals surface area contributed by atoms with E-state index in [1.165, 1.54) is 10.8 Å². The molecule has 2 aliphatic heterocycles. The first-order valence-corrected chi connectivity index (χ1v) is 11.2. The fourth-order valence-corrected chi connectivity index (χ4v) is 4.44. The monoisotopic (exact) mass is 497 g/mol. The summed E-state index contributed by atoms with van der Waals surface area (Å²) in [7, 11) is 0. The second-order valence-corrected chi connectivity index (χ2v) is 8.27. The molecule has 0 radical (unpaired) electrons. The number of hydrogen-bond acceptors (Lipinski definition) is 6. The molecule has 7 nitrogen and oxygen atoms in total. The van der Waals surface area contributed by atoms with Crippen LogP contribution in [0.15, 0.2) is 36.4 Å². The minimum atomic E-state index is 0. The average Bonchev–Trinajstić information content (AvgIpc) is 3.17. The van der Waals surface area contributed by atoms with E-state index in [-0.39, 0.29) is 37.3 Å². The van der Waals surface area contributed by atoms with Crippen LogP contribution in [0.5, 0.6) is 11.5 Å². The zero-order valence-electron chi connectivity index (χ0n) is 19.1. The lowest BCUT2D eigenvalue weighted by molar-refractivity contribution is -0.0372. The summed E-state index contributed by atoms with van der Waals surface area (Å²) in [5.41, 5.74) is 2.14. The van der Waals surface area contributed by atoms with Crippen LogP contribution >= 0.6 is 24.8 Å². The third-order valence-corrected chi connectivity index (χ3v) is 6.27. The topological polar surface area (TPSA) is 59.2 Å². The first-order chi connectivity index (χ1) is 15.2. The molecule has 1 N–H and O–H groups in total. The zero-order valence-corrected chi connectivity index (χ0v) is 20.8. The van der Waals surface area contributed by atoms with Gasteiger partial charge >= 0.3 is 0 Å². The summed E-state index contributed by atoms with van der Waals surface area (Å²) in [4.78, 5) is 8.14. The lowest BCUT2D eigenvalue weighted by atomic mass is 10.1. The number of rotatable bonds is 6. The number of fused-ring (bicyclic) bond motifs is 3. The molecular formula is C24H33Cl2N3O4. The van der Waals surface area contributed by atoms with Gasteiger partial charge in [-0.25, -0.2) is 0 Å². The van der Waals surface area contributed by atoms with Gasteiger partial charge in [-0.15, -0.1) is 24.8 Å². The van der Waals surface area contributed by atoms with Gasteiger partial charge < -0.3 is 23.9 Å². The number of hydrogen-bond donors (Lipinski definition) is 1. The highest BCUT2D eigenvalue weighted by atomic mass is 35.5. The average molecular weight is 498 g/mol. The molecule has 33 heavy (non-hydrogen) atoms. The Labute approximate surface area is 207 Å². The third kappa shape index (κ3) is 5.85. The van der Waals surface area contributed by atoms with Crippen LogP contribution in [0.4, 0.5) is 0 Å². The van der Waals surface area contributed by atoms with Gasteiger partial charge in [-0.1, -0.05) is 0 Å². The Balaban J connectivity index is 0.00000153. The van der Waals surface area contributed by atoms with Crippen molar-refractivity contribution >= 4 is 46.6 Å². The van der Waals surface area contributed by atoms with Crippen LogP contribution in [0.3, 0.4) is 0 Å². The second kappa shape index (κ2) is 11.6. The van der Waals surface area contributed by atoms with Gasteiger partial charge in [-0.3, -0.25) is 9.80 Å². The van der Waals surface area contributed by atoms with Gasteiger partial charge in [-0.2, -0.15) is 0 Å². The highest BCUT2D eigenvalue weighted by molar-refractivity contribution is 6.07. The number of nitrogens with one attached hydrogen (secondary N) is 1. The van der Waals surface area contributed by atoms with Crippen LogP contribution in [-0.2, 0) is 9.47 Å². The van der Waals surface area contributed by atoms with Crippen LogP contribution < -0.4 is 9.47 Å². The molecule has 0 bridgehead atoms. The number of morpholine rings is 2. The molecule has 5 rings (SSSR count). The maximum atomic E-state index is 6.21. The number of halogens is 2. The largest absolute Gasteiger partial charge is 0.475 e. The number of ether oxygens (including phenoxy) is 4. The quantitative estimate of drug-likeness (QED) is 0.548. The number of H-pyrrole nitrogens is 1. The van der Waals surface area contributed by atoms with Crippen molar-refractivity contribution in [2.24, 2.45) is 0 Å². The van der Waals surface area contributed by atoms with E-state index >= 15 is 0 Å². The molecule has 2 fully saturated rings. The molecule has 2 saturated heterocycles. The van der Waals surface area contributed by atoms with Gasteiger partial charge in [0, 0.05) is 49.1 Å². The molecule has 0 saturated carbocycles. The van der Waals surface area contributed by atoms with E-state index in [0.29, 0.717) is 0 Å². The molecule has 2 aliphatic rings. The zero-order chi connectivity index (χ0) is 21.2. The van der Waals surface area contributed by atoms with Crippen molar-refractivity contribution in [3.05, 3.63) is 36.4 Å². The van der Waals surface area contributed by atoms with Gasteiger partial charge in [0.25, 0.3) is 0 Å². The number of aromatic amines is 1. The molecule has 1 aromatic heterocycles. The second-order valence-electron chi connectivity index (χ2n) is 8.27. The summed E-state index contributed by atoms with van der Waals surface area (Å²) in [5, 5.41) is 2.38. The summed E-state index contributed by atoms with van der Waals surface area (Å²) >= 11 is 0. The highest BCUT2D eigenvalue weighted by Crippen LogP contribution is 2.31. The SMILES string of the molecule is CC(Oc1ccc2c(c1)[nH]c1cc(OC(C)N3CCOCC3)ccc12)N1CCOCC1.Cl.Cl. The summed E-state index contributed by atoms with van der Waals surface area (Å²) in [6.45, 7) is 10.9. The van der Waals surface area contributed by atoms with E-state index < -0.39 is 0 Å². The molecule has 2 aromatic carbocycles. The number of benzene rings is 2. The van der Waals surface area contributed by atoms with E-state index in [9.17, 15) is 0 Å². The van der Waals surface area contributed by atoms with Crippen LogP contribution in [0, 0.1) is 0 Å². The van der Waals surface area contributed by atoms with Gasteiger partial charge in [0.05, 0.1) is 37.5 Å². The van der Waals surface area contributed by atoms with Crippen molar-refractivity contribution in [1.82, 2.24) is 14.8 Å². The van der Waals surface area contributed by atoms with Crippen molar-refractivity contribution in [1.29, 1.82) is 0 Å². The summed E-state index contributed by atoms with van der Waals surface area (Å²) in [5.74, 6) is 1.74. The van der Waals surface area contributed by atoms with E-state index in [1.807, 2.05) is 0 Å². The fourth-order valence-electron chi connectivity index (χ4n) is 4.44. The molecule has 3 aromatic rings. The Morgan fingerprint density at radius 2 is 1.09 bits per heavy atom. The van der Waals surface area contributed by atoms with E-state index in [4.69, 9.17) is 18.9 Å². The number of aromatic nitrogens is 1. The van der Waals surface area contributed by atoms with Crippen molar-refractivity contribution in [3.8, 4) is 11.5 Å². The first kappa shape index (κ1) is 25.9. The Morgan fingerprint density at radius 1 is 0.697 bits per heavy atom. The molecule has 0 amide bonds. The predicted molar refractivity (Wildman–Crippen MR) is 135 cm³/mol. The van der Waals surface area contributed by atoms with Crippen molar-refractivity contribution in [2.75, 3.05) is 52.6 Å². The van der Waals surface area contributed by atoms with Gasteiger partial charge in [-0.05, 0) is 38.1 Å². The highest BCUT2D eigenvalue weighted by Gasteiger charge is 2.20. The van der Waals surface area contributed by atoms with Crippen molar-refractivity contribution < 1.29 is 18.9 Å². The van der Waals surface area contributed by atoms with Crippen LogP contribution in [0.1, 0.15) is 13.8 Å². The Hall–Kier alpha value is -1.74. The number of nitrogens with zero attached hydrogens (tertiary/aromatic N) is 2. The molecular weight excluding hydrogens is 465 g/mol. The van der Waals surface area contributed by atoms with Crippen LogP contribution in [0.2, 0.25) is 0 Å². The van der Waals surface area contributed by atoms with E-state index in [0.717, 1.165) is 75.1 Å². The van der Waals surface area contributed by atoms with Crippen LogP contribution in [0.25, 0.3) is 21.8 Å². The fraction of sp³-hybridized carbons (Fsp3) is 0.500. The van der Waals surface area contributed by atoms with E-state index in [1.54, 1.807) is 0 Å². The molecule has 9 heteroatoms. The van der Waals surface area contributed by atoms with Crippen molar-refractivity contribution in [2.45, 2.75) is 26.3 Å². The third-order valence-electron chi connectivity index (χ3n) is 6.27. The first-order valence-electron chi connectivity index (χ1n) is 11.2. The lowest BCUT2D eigenvalue weighted by Gasteiger charge is -2.32. The Kier molecular flexibility index (Phi) is 9.09. The molecule has 182 valence electrons. The maximum absolute atomic E-state index is 6.21. The lowest BCUT2D eigenvalue weighted by Crippen LogP contribution is -2.44. The van der Waals surface area contributed by atoms with Gasteiger partial charge in [0.1, 0.15) is 24.0 Å². The normalized spacial score (nSPS) is 19.5. The summed E-state index contributed by atoms with van der Waals surface area (Å²) < 4.78 is 23.3.